The second-order valence-corrected chi connectivity index (χ2v) is 8.87. The number of aryl methyl sites for hydroxylation is 1. The minimum Gasteiger partial charge on any atom is -0.461 e. The van der Waals surface area contributed by atoms with Gasteiger partial charge in [0.15, 0.2) is 0 Å². The van der Waals surface area contributed by atoms with E-state index in [9.17, 15) is 4.79 Å². The van der Waals surface area contributed by atoms with E-state index in [0.717, 1.165) is 38.4 Å². The van der Waals surface area contributed by atoms with Crippen LogP contribution in [-0.4, -0.2) is 22.7 Å². The van der Waals surface area contributed by atoms with Crippen LogP contribution in [0, 0.1) is 6.92 Å². The standard InChI is InChI=1S/C22H17BrN2O2S/c1-13-4-6-14(7-5-13)21(26)22-25-18(12-17(24-25)20-3-2-10-28-20)16-11-15(23)8-9-19(16)27-22/h2-11,18,22H,12H2,1H3/t18-,22+/m0/s1. The van der Waals surface area contributed by atoms with Crippen LogP contribution in [0.2, 0.25) is 0 Å². The first-order chi connectivity index (χ1) is 13.6. The molecule has 28 heavy (non-hydrogen) atoms. The van der Waals surface area contributed by atoms with Gasteiger partial charge in [-0.15, -0.1) is 11.3 Å². The van der Waals surface area contributed by atoms with Crippen molar-refractivity contribution in [3.8, 4) is 5.75 Å². The Morgan fingerprint density at radius 2 is 2.04 bits per heavy atom. The monoisotopic (exact) mass is 452 g/mol. The molecular weight excluding hydrogens is 436 g/mol. The SMILES string of the molecule is Cc1ccc(C(=O)[C@H]2Oc3ccc(Br)cc3[C@@H]3CC(c4cccs4)=NN23)cc1. The molecule has 4 nitrogen and oxygen atoms in total. The van der Waals surface area contributed by atoms with E-state index in [1.807, 2.05) is 59.8 Å². The smallest absolute Gasteiger partial charge is 0.251 e. The number of rotatable bonds is 3. The van der Waals surface area contributed by atoms with E-state index in [4.69, 9.17) is 9.84 Å². The number of thiophene rings is 1. The van der Waals surface area contributed by atoms with Crippen molar-refractivity contribution < 1.29 is 9.53 Å². The molecule has 0 saturated carbocycles. The van der Waals surface area contributed by atoms with Crippen LogP contribution in [-0.2, 0) is 0 Å². The van der Waals surface area contributed by atoms with Gasteiger partial charge in [-0.05, 0) is 36.6 Å². The van der Waals surface area contributed by atoms with E-state index >= 15 is 0 Å². The summed E-state index contributed by atoms with van der Waals surface area (Å²) in [6.07, 6.45) is -0.00999. The molecule has 0 bridgehead atoms. The van der Waals surface area contributed by atoms with Crippen LogP contribution in [0.4, 0.5) is 0 Å². The van der Waals surface area contributed by atoms with E-state index in [-0.39, 0.29) is 11.8 Å². The van der Waals surface area contributed by atoms with Crippen molar-refractivity contribution in [2.75, 3.05) is 0 Å². The fourth-order valence-electron chi connectivity index (χ4n) is 3.68. The fourth-order valence-corrected chi connectivity index (χ4v) is 4.78. The van der Waals surface area contributed by atoms with Crippen LogP contribution in [0.3, 0.4) is 0 Å². The fraction of sp³-hybridized carbons (Fsp3) is 0.182. The summed E-state index contributed by atoms with van der Waals surface area (Å²) in [4.78, 5) is 14.4. The van der Waals surface area contributed by atoms with Crippen LogP contribution in [0.25, 0.3) is 0 Å². The zero-order valence-corrected chi connectivity index (χ0v) is 17.5. The van der Waals surface area contributed by atoms with E-state index < -0.39 is 6.23 Å². The lowest BCUT2D eigenvalue weighted by Crippen LogP contribution is -2.45. The van der Waals surface area contributed by atoms with Crippen molar-refractivity contribution in [3.63, 3.8) is 0 Å². The van der Waals surface area contributed by atoms with Crippen molar-refractivity contribution >= 4 is 38.8 Å². The Labute approximate surface area is 175 Å². The predicted molar refractivity (Wildman–Crippen MR) is 114 cm³/mol. The highest BCUT2D eigenvalue weighted by Gasteiger charge is 2.43. The summed E-state index contributed by atoms with van der Waals surface area (Å²) in [5, 5.41) is 8.71. The number of ether oxygens (including phenoxy) is 1. The maximum Gasteiger partial charge on any atom is 0.251 e. The van der Waals surface area contributed by atoms with Gasteiger partial charge in [0.2, 0.25) is 5.78 Å². The third-order valence-electron chi connectivity index (χ3n) is 5.12. The van der Waals surface area contributed by atoms with Crippen LogP contribution in [0.15, 0.2) is 69.6 Å². The highest BCUT2D eigenvalue weighted by Crippen LogP contribution is 2.44. The van der Waals surface area contributed by atoms with Crippen LogP contribution >= 0.6 is 27.3 Å². The molecule has 140 valence electrons. The molecule has 0 spiro atoms. The van der Waals surface area contributed by atoms with Gasteiger partial charge < -0.3 is 4.74 Å². The number of hydrazone groups is 1. The van der Waals surface area contributed by atoms with Gasteiger partial charge in [-0.3, -0.25) is 4.79 Å². The number of halogens is 1. The molecule has 6 heteroatoms. The molecule has 5 rings (SSSR count). The van der Waals surface area contributed by atoms with Crippen molar-refractivity contribution in [1.29, 1.82) is 0 Å². The molecule has 0 N–H and O–H groups in total. The molecule has 3 heterocycles. The molecule has 0 amide bonds. The Morgan fingerprint density at radius 1 is 1.21 bits per heavy atom. The van der Waals surface area contributed by atoms with Crippen molar-refractivity contribution in [3.05, 3.63) is 86.0 Å². The largest absolute Gasteiger partial charge is 0.461 e. The minimum atomic E-state index is -0.765. The number of fused-ring (bicyclic) bond motifs is 3. The van der Waals surface area contributed by atoms with Gasteiger partial charge in [-0.25, -0.2) is 5.01 Å². The number of hydrogen-bond donors (Lipinski definition) is 0. The van der Waals surface area contributed by atoms with Gasteiger partial charge in [0.1, 0.15) is 5.75 Å². The van der Waals surface area contributed by atoms with Gasteiger partial charge in [0.25, 0.3) is 6.23 Å². The number of carbonyl (C=O) groups is 1. The van der Waals surface area contributed by atoms with Crippen molar-refractivity contribution in [2.24, 2.45) is 5.10 Å². The Morgan fingerprint density at radius 3 is 2.79 bits per heavy atom. The zero-order chi connectivity index (χ0) is 19.3. The second-order valence-electron chi connectivity index (χ2n) is 7.01. The first-order valence-corrected chi connectivity index (χ1v) is 10.7. The van der Waals surface area contributed by atoms with Gasteiger partial charge in [-0.2, -0.15) is 5.10 Å². The first kappa shape index (κ1) is 17.6. The second kappa shape index (κ2) is 6.87. The molecule has 0 radical (unpaired) electrons. The molecule has 0 unspecified atom stereocenters. The maximum absolute atomic E-state index is 13.3. The lowest BCUT2D eigenvalue weighted by atomic mass is 9.97. The number of hydrogen-bond acceptors (Lipinski definition) is 5. The molecule has 3 aromatic rings. The molecule has 2 aliphatic rings. The Balaban J connectivity index is 1.57. The Bertz CT molecular complexity index is 1080. The highest BCUT2D eigenvalue weighted by molar-refractivity contribution is 9.10. The summed E-state index contributed by atoms with van der Waals surface area (Å²) >= 11 is 5.22. The average molecular weight is 453 g/mol. The first-order valence-electron chi connectivity index (χ1n) is 9.07. The summed E-state index contributed by atoms with van der Waals surface area (Å²) in [7, 11) is 0. The highest BCUT2D eigenvalue weighted by atomic mass is 79.9. The molecule has 0 saturated heterocycles. The van der Waals surface area contributed by atoms with E-state index in [0.29, 0.717) is 5.56 Å². The zero-order valence-electron chi connectivity index (χ0n) is 15.1. The van der Waals surface area contributed by atoms with Gasteiger partial charge in [0.05, 0.1) is 16.6 Å². The minimum absolute atomic E-state index is 0.0160. The van der Waals surface area contributed by atoms with Crippen LogP contribution in [0.1, 0.15) is 38.8 Å². The van der Waals surface area contributed by atoms with Crippen molar-refractivity contribution in [1.82, 2.24) is 5.01 Å². The van der Waals surface area contributed by atoms with E-state index in [2.05, 4.69) is 28.1 Å². The number of benzene rings is 2. The Hall–Kier alpha value is -2.44. The molecule has 2 atom stereocenters. The molecule has 2 aliphatic heterocycles. The topological polar surface area (TPSA) is 41.9 Å². The third-order valence-corrected chi connectivity index (χ3v) is 6.53. The van der Waals surface area contributed by atoms with E-state index in [1.54, 1.807) is 11.3 Å². The normalized spacial score (nSPS) is 20.2. The van der Waals surface area contributed by atoms with E-state index in [1.165, 1.54) is 0 Å². The predicted octanol–water partition coefficient (Wildman–Crippen LogP) is 5.57. The van der Waals surface area contributed by atoms with Gasteiger partial charge in [0, 0.05) is 22.0 Å². The van der Waals surface area contributed by atoms with Gasteiger partial charge in [-0.1, -0.05) is 51.8 Å². The lowest BCUT2D eigenvalue weighted by molar-refractivity contribution is -0.00459. The van der Waals surface area contributed by atoms with Crippen LogP contribution in [0.5, 0.6) is 5.75 Å². The summed E-state index contributed by atoms with van der Waals surface area (Å²) in [6.45, 7) is 2.01. The van der Waals surface area contributed by atoms with Crippen LogP contribution < -0.4 is 4.74 Å². The number of nitrogens with zero attached hydrogens (tertiary/aromatic N) is 2. The van der Waals surface area contributed by atoms with Crippen molar-refractivity contribution in [2.45, 2.75) is 25.6 Å². The molecule has 2 aromatic carbocycles. The molecule has 0 fully saturated rings. The quantitative estimate of drug-likeness (QED) is 0.487. The van der Waals surface area contributed by atoms with Gasteiger partial charge >= 0.3 is 0 Å². The summed E-state index contributed by atoms with van der Waals surface area (Å²) in [5.41, 5.74) is 3.80. The summed E-state index contributed by atoms with van der Waals surface area (Å²) in [5.74, 6) is 0.673. The molecular formula is C22H17BrN2O2S. The number of carbonyl (C=O) groups excluding carboxylic acids is 1. The summed E-state index contributed by atoms with van der Waals surface area (Å²) in [6, 6.07) is 17.6. The number of Topliss-reactive ketones (excluding diaryl/α,β-unsaturated/α-hetero) is 1. The summed E-state index contributed by atoms with van der Waals surface area (Å²) < 4.78 is 7.15. The average Bonchev–Trinajstić information content (AvgIpc) is 3.37. The maximum atomic E-state index is 13.3. The number of ketones is 1. The molecule has 1 aromatic heterocycles. The third kappa shape index (κ3) is 2.97. The molecule has 0 aliphatic carbocycles. The lowest BCUT2D eigenvalue weighted by Gasteiger charge is -2.37. The Kier molecular flexibility index (Phi) is 4.33.